The van der Waals surface area contributed by atoms with E-state index >= 15 is 0 Å². The Hall–Kier alpha value is -3.59. The number of aromatic nitrogens is 3. The van der Waals surface area contributed by atoms with Crippen LogP contribution in [-0.2, 0) is 16.4 Å². The van der Waals surface area contributed by atoms with Crippen molar-refractivity contribution in [1.29, 1.82) is 0 Å². The minimum atomic E-state index is -3.14. The zero-order valence-corrected chi connectivity index (χ0v) is 19.4. The predicted octanol–water partition coefficient (Wildman–Crippen LogP) is 3.54. The molecule has 1 atom stereocenters. The number of hydrogen-bond donors (Lipinski definition) is 0. The second-order valence-electron chi connectivity index (χ2n) is 8.56. The van der Waals surface area contributed by atoms with Gasteiger partial charge in [-0.05, 0) is 30.2 Å². The van der Waals surface area contributed by atoms with Crippen molar-refractivity contribution in [3.8, 4) is 11.3 Å². The lowest BCUT2D eigenvalue weighted by Crippen LogP contribution is -2.38. The molecule has 34 heavy (non-hydrogen) atoms. The normalized spacial score (nSPS) is 17.2. The molecule has 1 fully saturated rings. The van der Waals surface area contributed by atoms with E-state index in [1.165, 1.54) is 17.0 Å². The molecule has 1 saturated heterocycles. The lowest BCUT2D eigenvalue weighted by atomic mass is 10.1. The summed E-state index contributed by atoms with van der Waals surface area (Å²) >= 11 is 0. The molecule has 7 nitrogen and oxygen atoms in total. The lowest BCUT2D eigenvalue weighted by molar-refractivity contribution is 0.0749. The van der Waals surface area contributed by atoms with E-state index in [1.54, 1.807) is 36.1 Å². The fourth-order valence-electron chi connectivity index (χ4n) is 4.34. The minimum absolute atomic E-state index is 0.0339. The molecule has 0 N–H and O–H groups in total. The zero-order valence-electron chi connectivity index (χ0n) is 18.6. The molecule has 4 aromatic rings. The highest BCUT2D eigenvalue weighted by Gasteiger charge is 2.34. The quantitative estimate of drug-likeness (QED) is 0.438. The maximum atomic E-state index is 13.7. The van der Waals surface area contributed by atoms with E-state index in [1.807, 2.05) is 30.3 Å². The summed E-state index contributed by atoms with van der Waals surface area (Å²) in [6.07, 6.45) is 2.01. The van der Waals surface area contributed by atoms with Crippen LogP contribution in [0.5, 0.6) is 0 Å². The molecule has 9 heteroatoms. The molecule has 2 aromatic heterocycles. The third kappa shape index (κ3) is 4.31. The molecular formula is C25H23FN4O3S. The second-order valence-corrected chi connectivity index (χ2v) is 10.8. The SMILES string of the molecule is CN(C(=O)c1cc(-c2ccccc2)nc2c1cnn2Cc1cccc(F)c1)C1CCS(=O)(=O)C1. The number of nitrogens with zero attached hydrogens (tertiary/aromatic N) is 4. The molecule has 1 aliphatic rings. The standard InChI is InChI=1S/C25H23FN4O3S/c1-29(20-10-11-34(32,33)16-20)25(31)21-13-23(18-7-3-2-4-8-18)28-24-22(21)14-27-30(24)15-17-6-5-9-19(26)12-17/h2-9,12-14,20H,10-11,15-16H2,1H3. The summed E-state index contributed by atoms with van der Waals surface area (Å²) in [5, 5.41) is 5.01. The maximum absolute atomic E-state index is 13.7. The monoisotopic (exact) mass is 478 g/mol. The molecule has 0 bridgehead atoms. The van der Waals surface area contributed by atoms with Crippen molar-refractivity contribution >= 4 is 26.8 Å². The molecule has 0 radical (unpaired) electrons. The predicted molar refractivity (Wildman–Crippen MR) is 128 cm³/mol. The number of halogens is 1. The molecular weight excluding hydrogens is 455 g/mol. The summed E-state index contributed by atoms with van der Waals surface area (Å²) in [5.41, 5.74) is 3.06. The van der Waals surface area contributed by atoms with Crippen LogP contribution in [0, 0.1) is 5.82 Å². The summed E-state index contributed by atoms with van der Waals surface area (Å²) in [5.74, 6) is -0.566. The molecule has 5 rings (SSSR count). The third-order valence-corrected chi connectivity index (χ3v) is 7.96. The van der Waals surface area contributed by atoms with Crippen LogP contribution in [0.25, 0.3) is 22.3 Å². The van der Waals surface area contributed by atoms with E-state index < -0.39 is 9.84 Å². The number of rotatable bonds is 5. The summed E-state index contributed by atoms with van der Waals surface area (Å²) in [6.45, 7) is 0.289. The van der Waals surface area contributed by atoms with E-state index in [0.717, 1.165) is 11.1 Å². The highest BCUT2D eigenvalue weighted by molar-refractivity contribution is 7.91. The lowest BCUT2D eigenvalue weighted by Gasteiger charge is -2.24. The first-order chi connectivity index (χ1) is 16.3. The van der Waals surface area contributed by atoms with E-state index in [2.05, 4.69) is 5.10 Å². The maximum Gasteiger partial charge on any atom is 0.254 e. The largest absolute Gasteiger partial charge is 0.338 e. The van der Waals surface area contributed by atoms with Gasteiger partial charge in [0.1, 0.15) is 5.82 Å². The molecule has 174 valence electrons. The van der Waals surface area contributed by atoms with Crippen molar-refractivity contribution in [2.24, 2.45) is 0 Å². The van der Waals surface area contributed by atoms with Gasteiger partial charge in [-0.25, -0.2) is 22.5 Å². The Kier molecular flexibility index (Phi) is 5.65. The molecule has 2 aromatic carbocycles. The average Bonchev–Trinajstić information content (AvgIpc) is 3.40. The van der Waals surface area contributed by atoms with Crippen LogP contribution in [-0.4, -0.2) is 58.6 Å². The minimum Gasteiger partial charge on any atom is -0.338 e. The van der Waals surface area contributed by atoms with Crippen molar-refractivity contribution in [3.05, 3.63) is 83.8 Å². The molecule has 3 heterocycles. The second kappa shape index (κ2) is 8.64. The molecule has 0 spiro atoms. The highest BCUT2D eigenvalue weighted by Crippen LogP contribution is 2.28. The molecule has 1 unspecified atom stereocenters. The van der Waals surface area contributed by atoms with E-state index in [0.29, 0.717) is 28.7 Å². The molecule has 0 aliphatic carbocycles. The number of amides is 1. The van der Waals surface area contributed by atoms with Gasteiger partial charge in [0.25, 0.3) is 5.91 Å². The number of carbonyl (C=O) groups excluding carboxylic acids is 1. The van der Waals surface area contributed by atoms with Gasteiger partial charge < -0.3 is 4.90 Å². The van der Waals surface area contributed by atoms with Gasteiger partial charge in [0.15, 0.2) is 15.5 Å². The van der Waals surface area contributed by atoms with Gasteiger partial charge in [0, 0.05) is 18.7 Å². The summed E-state index contributed by atoms with van der Waals surface area (Å²) in [7, 11) is -1.50. The van der Waals surface area contributed by atoms with Gasteiger partial charge in [0.2, 0.25) is 0 Å². The van der Waals surface area contributed by atoms with Crippen LogP contribution in [0.3, 0.4) is 0 Å². The van der Waals surface area contributed by atoms with Crippen LogP contribution in [0.2, 0.25) is 0 Å². The highest BCUT2D eigenvalue weighted by atomic mass is 32.2. The van der Waals surface area contributed by atoms with Gasteiger partial charge in [-0.15, -0.1) is 0 Å². The number of hydrogen-bond acceptors (Lipinski definition) is 5. The number of fused-ring (bicyclic) bond motifs is 1. The number of benzene rings is 2. The van der Waals surface area contributed by atoms with Crippen molar-refractivity contribution < 1.29 is 17.6 Å². The Morgan fingerprint density at radius 2 is 1.94 bits per heavy atom. The number of sulfone groups is 1. The first-order valence-corrected chi connectivity index (χ1v) is 12.8. The Morgan fingerprint density at radius 3 is 2.65 bits per heavy atom. The number of carbonyl (C=O) groups is 1. The van der Waals surface area contributed by atoms with E-state index in [4.69, 9.17) is 4.98 Å². The van der Waals surface area contributed by atoms with Crippen molar-refractivity contribution in [3.63, 3.8) is 0 Å². The van der Waals surface area contributed by atoms with Crippen LogP contribution in [0.4, 0.5) is 4.39 Å². The fourth-order valence-corrected chi connectivity index (χ4v) is 6.12. The Bertz CT molecular complexity index is 1480. The van der Waals surface area contributed by atoms with E-state index in [-0.39, 0.29) is 35.8 Å². The summed E-state index contributed by atoms with van der Waals surface area (Å²) < 4.78 is 39.3. The van der Waals surface area contributed by atoms with Crippen molar-refractivity contribution in [1.82, 2.24) is 19.7 Å². The van der Waals surface area contributed by atoms with Gasteiger partial charge in [-0.3, -0.25) is 4.79 Å². The summed E-state index contributed by atoms with van der Waals surface area (Å²) in [6, 6.07) is 17.1. The Labute approximate surface area is 196 Å². The van der Waals surface area contributed by atoms with E-state index in [9.17, 15) is 17.6 Å². The van der Waals surface area contributed by atoms with Crippen molar-refractivity contribution in [2.45, 2.75) is 19.0 Å². The van der Waals surface area contributed by atoms with Gasteiger partial charge >= 0.3 is 0 Å². The number of pyridine rings is 1. The summed E-state index contributed by atoms with van der Waals surface area (Å²) in [4.78, 5) is 19.9. The fraction of sp³-hybridized carbons (Fsp3) is 0.240. The zero-order chi connectivity index (χ0) is 23.9. The van der Waals surface area contributed by atoms with Gasteiger partial charge in [-0.2, -0.15) is 5.10 Å². The van der Waals surface area contributed by atoms with Crippen LogP contribution in [0.1, 0.15) is 22.3 Å². The van der Waals surface area contributed by atoms with Gasteiger partial charge in [0.05, 0.1) is 40.9 Å². The smallest absolute Gasteiger partial charge is 0.254 e. The third-order valence-electron chi connectivity index (χ3n) is 6.21. The first-order valence-electron chi connectivity index (χ1n) is 10.9. The molecule has 1 aliphatic heterocycles. The van der Waals surface area contributed by atoms with Crippen molar-refractivity contribution in [2.75, 3.05) is 18.6 Å². The average molecular weight is 479 g/mol. The van der Waals surface area contributed by atoms with Crippen LogP contribution in [0.15, 0.2) is 66.9 Å². The molecule has 0 saturated carbocycles. The van der Waals surface area contributed by atoms with Crippen LogP contribution < -0.4 is 0 Å². The Morgan fingerprint density at radius 1 is 1.15 bits per heavy atom. The van der Waals surface area contributed by atoms with Gasteiger partial charge in [-0.1, -0.05) is 42.5 Å². The van der Waals surface area contributed by atoms with Crippen LogP contribution >= 0.6 is 0 Å². The topological polar surface area (TPSA) is 85.2 Å². The Balaban J connectivity index is 1.60. The molecule has 1 amide bonds. The first kappa shape index (κ1) is 22.2.